The van der Waals surface area contributed by atoms with E-state index >= 15 is 0 Å². The number of ether oxygens (including phenoxy) is 1. The minimum absolute atomic E-state index is 0.564. The third kappa shape index (κ3) is 10.7. The summed E-state index contributed by atoms with van der Waals surface area (Å²) in [5, 5.41) is 0. The Labute approximate surface area is 150 Å². The van der Waals surface area contributed by atoms with Gasteiger partial charge in [0.1, 0.15) is 11.5 Å². The molecule has 0 saturated heterocycles. The van der Waals surface area contributed by atoms with E-state index in [9.17, 15) is 4.21 Å². The molecule has 1 aromatic carbocycles. The molecule has 0 spiro atoms. The van der Waals surface area contributed by atoms with Gasteiger partial charge in [0.15, 0.2) is 0 Å². The first-order valence-electron chi connectivity index (χ1n) is 9.26. The molecule has 1 unspecified atom stereocenters. The zero-order valence-corrected chi connectivity index (χ0v) is 16.0. The molecule has 1 rings (SSSR count). The predicted octanol–water partition coefficient (Wildman–Crippen LogP) is 5.16. The van der Waals surface area contributed by atoms with Gasteiger partial charge in [0.05, 0.1) is 6.61 Å². The molecule has 4 nitrogen and oxygen atoms in total. The first kappa shape index (κ1) is 21.0. The fourth-order valence-electron chi connectivity index (χ4n) is 2.50. The van der Waals surface area contributed by atoms with Crippen LogP contribution in [0.25, 0.3) is 0 Å². The fourth-order valence-corrected chi connectivity index (χ4v) is 2.87. The zero-order valence-electron chi connectivity index (χ0n) is 15.2. The van der Waals surface area contributed by atoms with Crippen molar-refractivity contribution in [2.24, 2.45) is 0 Å². The Balaban J connectivity index is 1.98. The zero-order chi connectivity index (χ0) is 17.5. The van der Waals surface area contributed by atoms with E-state index in [-0.39, 0.29) is 0 Å². The minimum atomic E-state index is -1.49. The van der Waals surface area contributed by atoms with Crippen LogP contribution >= 0.6 is 0 Å². The van der Waals surface area contributed by atoms with Gasteiger partial charge < -0.3 is 8.92 Å². The molecule has 1 aromatic rings. The van der Waals surface area contributed by atoms with E-state index in [1.165, 1.54) is 57.8 Å². The largest absolute Gasteiger partial charge is 0.494 e. The smallest absolute Gasteiger partial charge is 0.287 e. The molecule has 0 saturated carbocycles. The highest BCUT2D eigenvalue weighted by Crippen LogP contribution is 2.18. The Morgan fingerprint density at radius 2 is 1.33 bits per heavy atom. The molecular formula is C19H33NO3S. The van der Waals surface area contributed by atoms with E-state index < -0.39 is 11.3 Å². The maximum atomic E-state index is 11.2. The lowest BCUT2D eigenvalue weighted by atomic mass is 10.1. The van der Waals surface area contributed by atoms with Crippen molar-refractivity contribution in [1.29, 1.82) is 0 Å². The second-order valence-corrected chi connectivity index (χ2v) is 7.07. The monoisotopic (exact) mass is 355 g/mol. The lowest BCUT2D eigenvalue weighted by Crippen LogP contribution is -2.16. The van der Waals surface area contributed by atoms with Crippen LogP contribution in [0, 0.1) is 0 Å². The second-order valence-electron chi connectivity index (χ2n) is 6.02. The van der Waals surface area contributed by atoms with Gasteiger partial charge in [0, 0.05) is 0 Å². The first-order valence-corrected chi connectivity index (χ1v) is 10.3. The molecule has 0 amide bonds. The number of hydrogen-bond donors (Lipinski definition) is 1. The van der Waals surface area contributed by atoms with Crippen molar-refractivity contribution >= 4 is 11.3 Å². The van der Waals surface area contributed by atoms with Gasteiger partial charge in [0.2, 0.25) is 0 Å². The SMILES string of the molecule is CCCCCCCCCCCCOc1ccc(OS(=O)NC)cc1. The van der Waals surface area contributed by atoms with Crippen LogP contribution in [-0.4, -0.2) is 17.9 Å². The summed E-state index contributed by atoms with van der Waals surface area (Å²) in [6, 6.07) is 7.23. The van der Waals surface area contributed by atoms with E-state index in [2.05, 4.69) is 11.6 Å². The van der Waals surface area contributed by atoms with Gasteiger partial charge in [-0.1, -0.05) is 64.7 Å². The van der Waals surface area contributed by atoms with E-state index in [1.807, 2.05) is 12.1 Å². The van der Waals surface area contributed by atoms with Crippen LogP contribution in [0.5, 0.6) is 11.5 Å². The molecule has 5 heteroatoms. The quantitative estimate of drug-likeness (QED) is 0.442. The molecular weight excluding hydrogens is 322 g/mol. The second kappa shape index (κ2) is 14.3. The Morgan fingerprint density at radius 1 is 0.833 bits per heavy atom. The summed E-state index contributed by atoms with van der Waals surface area (Å²) in [5.74, 6) is 1.39. The topological polar surface area (TPSA) is 47.6 Å². The van der Waals surface area contributed by atoms with Crippen LogP contribution in [0.2, 0.25) is 0 Å². The Hall–Kier alpha value is -1.07. The van der Waals surface area contributed by atoms with Gasteiger partial charge in [-0.2, -0.15) is 4.21 Å². The molecule has 138 valence electrons. The van der Waals surface area contributed by atoms with Crippen LogP contribution < -0.4 is 13.6 Å². The molecule has 1 atom stereocenters. The predicted molar refractivity (Wildman–Crippen MR) is 102 cm³/mol. The van der Waals surface area contributed by atoms with Gasteiger partial charge in [0.25, 0.3) is 11.3 Å². The Bertz CT molecular complexity index is 437. The van der Waals surface area contributed by atoms with Crippen molar-refractivity contribution in [1.82, 2.24) is 4.72 Å². The normalized spacial score (nSPS) is 12.1. The highest BCUT2D eigenvalue weighted by molar-refractivity contribution is 7.78. The third-order valence-corrected chi connectivity index (χ3v) is 4.61. The summed E-state index contributed by atoms with van der Waals surface area (Å²) in [7, 11) is 1.58. The average molecular weight is 356 g/mol. The third-order valence-electron chi connectivity index (χ3n) is 3.93. The van der Waals surface area contributed by atoms with Gasteiger partial charge in [-0.05, 0) is 37.7 Å². The molecule has 0 heterocycles. The number of rotatable bonds is 15. The van der Waals surface area contributed by atoms with Crippen LogP contribution in [0.1, 0.15) is 71.1 Å². The minimum Gasteiger partial charge on any atom is -0.494 e. The summed E-state index contributed by atoms with van der Waals surface area (Å²) in [4.78, 5) is 0. The van der Waals surface area contributed by atoms with E-state index in [0.29, 0.717) is 5.75 Å². The first-order chi connectivity index (χ1) is 11.8. The highest BCUT2D eigenvalue weighted by atomic mass is 32.2. The summed E-state index contributed by atoms with van der Waals surface area (Å²) in [5.41, 5.74) is 0. The van der Waals surface area contributed by atoms with Crippen molar-refractivity contribution in [3.63, 3.8) is 0 Å². The molecule has 0 radical (unpaired) electrons. The standard InChI is InChI=1S/C19H33NO3S/c1-3-4-5-6-7-8-9-10-11-12-17-22-18-13-15-19(16-14-18)23-24(21)20-2/h13-16,20H,3-12,17H2,1-2H3. The Kier molecular flexibility index (Phi) is 12.5. The molecule has 1 N–H and O–H groups in total. The number of unbranched alkanes of at least 4 members (excludes halogenated alkanes) is 9. The highest BCUT2D eigenvalue weighted by Gasteiger charge is 2.00. The van der Waals surface area contributed by atoms with E-state index in [4.69, 9.17) is 8.92 Å². The molecule has 0 aliphatic heterocycles. The number of benzene rings is 1. The van der Waals surface area contributed by atoms with Crippen molar-refractivity contribution in [3.8, 4) is 11.5 Å². The Morgan fingerprint density at radius 3 is 1.88 bits per heavy atom. The lowest BCUT2D eigenvalue weighted by Gasteiger charge is -2.07. The summed E-state index contributed by atoms with van der Waals surface area (Å²) in [6.45, 7) is 3.01. The van der Waals surface area contributed by atoms with Crippen molar-refractivity contribution < 1.29 is 13.1 Å². The van der Waals surface area contributed by atoms with E-state index in [0.717, 1.165) is 18.8 Å². The number of nitrogens with one attached hydrogen (secondary N) is 1. The molecule has 0 fully saturated rings. The maximum Gasteiger partial charge on any atom is 0.287 e. The van der Waals surface area contributed by atoms with Crippen LogP contribution in [0.3, 0.4) is 0 Å². The number of hydrogen-bond acceptors (Lipinski definition) is 3. The molecule has 0 aliphatic carbocycles. The van der Waals surface area contributed by atoms with Crippen LogP contribution in [-0.2, 0) is 11.3 Å². The van der Waals surface area contributed by atoms with Crippen molar-refractivity contribution in [2.45, 2.75) is 71.1 Å². The molecule has 24 heavy (non-hydrogen) atoms. The van der Waals surface area contributed by atoms with Crippen LogP contribution in [0.4, 0.5) is 0 Å². The fraction of sp³-hybridized carbons (Fsp3) is 0.684. The van der Waals surface area contributed by atoms with Crippen molar-refractivity contribution in [2.75, 3.05) is 13.7 Å². The summed E-state index contributed by atoms with van der Waals surface area (Å²) < 4.78 is 24.6. The van der Waals surface area contributed by atoms with Gasteiger partial charge in [-0.25, -0.2) is 4.72 Å². The molecule has 0 bridgehead atoms. The lowest BCUT2D eigenvalue weighted by molar-refractivity contribution is 0.304. The van der Waals surface area contributed by atoms with Crippen molar-refractivity contribution in [3.05, 3.63) is 24.3 Å². The van der Waals surface area contributed by atoms with Gasteiger partial charge in [-0.3, -0.25) is 0 Å². The van der Waals surface area contributed by atoms with E-state index in [1.54, 1.807) is 19.2 Å². The van der Waals surface area contributed by atoms with Gasteiger partial charge >= 0.3 is 0 Å². The summed E-state index contributed by atoms with van der Waals surface area (Å²) in [6.07, 6.45) is 13.3. The maximum absolute atomic E-state index is 11.2. The average Bonchev–Trinajstić information content (AvgIpc) is 2.61. The van der Waals surface area contributed by atoms with Gasteiger partial charge in [-0.15, -0.1) is 0 Å². The van der Waals surface area contributed by atoms with Crippen LogP contribution in [0.15, 0.2) is 24.3 Å². The molecule has 0 aliphatic rings. The molecule has 0 aromatic heterocycles. The summed E-state index contributed by atoms with van der Waals surface area (Å²) >= 11 is -1.49.